The largest absolute Gasteiger partial charge is 0.479 e. The van der Waals surface area contributed by atoms with E-state index in [2.05, 4.69) is 25.4 Å². The number of amides is 2. The number of nitrogens with one attached hydrogen (secondary N) is 1. The van der Waals surface area contributed by atoms with Crippen molar-refractivity contribution in [1.82, 2.24) is 29.5 Å². The summed E-state index contributed by atoms with van der Waals surface area (Å²) in [6.45, 7) is -1.27. The average Bonchev–Trinajstić information content (AvgIpc) is 3.39. The summed E-state index contributed by atoms with van der Waals surface area (Å²) < 4.78 is 1.69. The SMILES string of the molecule is Cn1c(S/C=C/C2=C(C(=O)O)N3C(=O)C(NC(=O)/C(=N/OCC(=O)O)c4csc(N)n4)C3SC2)nn(CC=O)c(=O)c1=O. The Morgan fingerprint density at radius 3 is 2.65 bits per heavy atom. The highest BCUT2D eigenvalue weighted by Gasteiger charge is 2.54. The van der Waals surface area contributed by atoms with E-state index in [-0.39, 0.29) is 33.0 Å². The summed E-state index contributed by atoms with van der Waals surface area (Å²) >= 11 is 3.03. The molecule has 0 aliphatic carbocycles. The molecule has 4 heterocycles. The Morgan fingerprint density at radius 1 is 1.28 bits per heavy atom. The lowest BCUT2D eigenvalue weighted by Gasteiger charge is -2.49. The maximum Gasteiger partial charge on any atom is 0.352 e. The maximum atomic E-state index is 13.0. The fourth-order valence-corrected chi connectivity index (χ4v) is 6.37. The molecule has 2 unspecified atom stereocenters. The molecule has 226 valence electrons. The van der Waals surface area contributed by atoms with Crippen LogP contribution in [0.4, 0.5) is 5.13 Å². The number of fused-ring (bicyclic) bond motifs is 1. The summed E-state index contributed by atoms with van der Waals surface area (Å²) in [7, 11) is 1.31. The second-order valence-electron chi connectivity index (χ2n) is 8.44. The molecule has 0 aromatic carbocycles. The molecule has 0 spiro atoms. The van der Waals surface area contributed by atoms with Gasteiger partial charge in [0.05, 0.1) is 0 Å². The lowest BCUT2D eigenvalue weighted by Crippen LogP contribution is -2.71. The number of aromatic nitrogens is 4. The molecule has 4 rings (SSSR count). The second-order valence-corrected chi connectivity index (χ2v) is 11.3. The molecule has 2 atom stereocenters. The molecule has 2 aliphatic rings. The van der Waals surface area contributed by atoms with Crippen LogP contribution in [0.15, 0.2) is 48.0 Å². The number of oxime groups is 1. The minimum atomic E-state index is -1.40. The fourth-order valence-electron chi connectivity index (χ4n) is 3.76. The molecule has 2 aliphatic heterocycles. The third kappa shape index (κ3) is 6.52. The van der Waals surface area contributed by atoms with Gasteiger partial charge in [0.25, 0.3) is 11.8 Å². The standard InChI is InChI=1S/C22H20N8O10S3/c1-28-17(36)18(37)29(3-4-31)26-22(28)41-5-2-9-7-42-19-13(16(35)30(19)14(9)20(38)39)25-15(34)12(27-40-6-11(32)33)10-8-43-21(23)24-10/h2,4-5,8,13,19H,3,6-7H2,1H3,(H2,23,24)(H,25,34)(H,32,33)(H,38,39)/b5-2+,27-12+. The molecule has 18 nitrogen and oxygen atoms in total. The maximum absolute atomic E-state index is 13.0. The summed E-state index contributed by atoms with van der Waals surface area (Å²) in [5, 5.41) is 30.8. The minimum Gasteiger partial charge on any atom is -0.479 e. The number of carbonyl (C=O) groups excluding carboxylic acids is 3. The van der Waals surface area contributed by atoms with Crippen molar-refractivity contribution < 1.29 is 39.0 Å². The van der Waals surface area contributed by atoms with E-state index in [0.29, 0.717) is 11.0 Å². The molecular formula is C22H20N8O10S3. The van der Waals surface area contributed by atoms with E-state index in [4.69, 9.17) is 10.8 Å². The van der Waals surface area contributed by atoms with Crippen molar-refractivity contribution in [3.05, 3.63) is 54.5 Å². The highest BCUT2D eigenvalue weighted by molar-refractivity contribution is 8.02. The van der Waals surface area contributed by atoms with Gasteiger partial charge in [0.2, 0.25) is 6.61 Å². The summed E-state index contributed by atoms with van der Waals surface area (Å²) in [4.78, 5) is 93.5. The molecule has 0 radical (unpaired) electrons. The van der Waals surface area contributed by atoms with Crippen LogP contribution in [0, 0.1) is 0 Å². The third-order valence-electron chi connectivity index (χ3n) is 5.72. The molecule has 2 aromatic heterocycles. The molecule has 0 bridgehead atoms. The number of carboxylic acid groups (broad SMARTS) is 2. The summed E-state index contributed by atoms with van der Waals surface area (Å²) in [6, 6.07) is -1.15. The number of rotatable bonds is 12. The van der Waals surface area contributed by atoms with Crippen LogP contribution < -0.4 is 22.2 Å². The Bertz CT molecular complexity index is 1730. The topological polar surface area (TPSA) is 258 Å². The minimum absolute atomic E-state index is 0.0186. The first kappa shape index (κ1) is 31.2. The van der Waals surface area contributed by atoms with E-state index >= 15 is 0 Å². The number of nitrogens with two attached hydrogens (primary N) is 1. The van der Waals surface area contributed by atoms with Gasteiger partial charge in [-0.25, -0.2) is 19.3 Å². The molecule has 43 heavy (non-hydrogen) atoms. The van der Waals surface area contributed by atoms with Gasteiger partial charge >= 0.3 is 23.1 Å². The van der Waals surface area contributed by atoms with Gasteiger partial charge < -0.3 is 30.9 Å². The zero-order chi connectivity index (χ0) is 31.4. The number of allylic oxidation sites excluding steroid dienone is 1. The number of aliphatic carboxylic acids is 2. The van der Waals surface area contributed by atoms with Crippen molar-refractivity contribution >= 4 is 75.7 Å². The number of aldehydes is 1. The first-order valence-corrected chi connectivity index (χ1v) is 14.6. The van der Waals surface area contributed by atoms with Gasteiger partial charge in [-0.15, -0.1) is 28.2 Å². The zero-order valence-electron chi connectivity index (χ0n) is 21.7. The number of β-lactam (4-membered cyclic amide) rings is 1. The van der Waals surface area contributed by atoms with Gasteiger partial charge in [-0.3, -0.25) is 28.6 Å². The fraction of sp³-hybridized carbons (Fsp3) is 0.273. The van der Waals surface area contributed by atoms with Crippen LogP contribution >= 0.6 is 34.9 Å². The summed E-state index contributed by atoms with van der Waals surface area (Å²) in [5.41, 5.74) is 3.19. The lowest BCUT2D eigenvalue weighted by molar-refractivity contribution is -0.150. The number of anilines is 1. The molecule has 2 amide bonds. The monoisotopic (exact) mass is 652 g/mol. The number of carbonyl (C=O) groups is 5. The normalized spacial score (nSPS) is 18.3. The van der Waals surface area contributed by atoms with Crippen molar-refractivity contribution in [3.63, 3.8) is 0 Å². The Labute approximate surface area is 251 Å². The number of carboxylic acids is 2. The second kappa shape index (κ2) is 13.0. The lowest BCUT2D eigenvalue weighted by atomic mass is 10.0. The number of nitrogen functional groups attached to an aromatic ring is 1. The Hall–Kier alpha value is -4.76. The van der Waals surface area contributed by atoms with Crippen LogP contribution in [-0.4, -0.2) is 94.0 Å². The Kier molecular flexibility index (Phi) is 9.46. The quantitative estimate of drug-likeness (QED) is 0.0484. The van der Waals surface area contributed by atoms with Crippen LogP contribution in [0.2, 0.25) is 0 Å². The molecule has 21 heteroatoms. The molecule has 2 aromatic rings. The van der Waals surface area contributed by atoms with E-state index in [1.165, 1.54) is 23.9 Å². The predicted octanol–water partition coefficient (Wildman–Crippen LogP) is -1.97. The van der Waals surface area contributed by atoms with Crippen molar-refractivity contribution in [1.29, 1.82) is 0 Å². The molecule has 0 saturated carbocycles. The number of thiazole rings is 1. The van der Waals surface area contributed by atoms with Gasteiger partial charge in [-0.1, -0.05) is 16.9 Å². The summed E-state index contributed by atoms with van der Waals surface area (Å²) in [6.07, 6.45) is 1.82. The van der Waals surface area contributed by atoms with E-state index < -0.39 is 65.2 Å². The number of thioether (sulfide) groups is 2. The third-order valence-corrected chi connectivity index (χ3v) is 8.53. The number of hydrogen-bond acceptors (Lipinski definition) is 15. The van der Waals surface area contributed by atoms with Crippen LogP contribution in [0.3, 0.4) is 0 Å². The van der Waals surface area contributed by atoms with Crippen molar-refractivity contribution in [2.24, 2.45) is 12.2 Å². The predicted molar refractivity (Wildman–Crippen MR) is 151 cm³/mol. The van der Waals surface area contributed by atoms with Crippen LogP contribution in [0.5, 0.6) is 0 Å². The van der Waals surface area contributed by atoms with Gasteiger partial charge in [0, 0.05) is 18.2 Å². The van der Waals surface area contributed by atoms with E-state index in [1.54, 1.807) is 0 Å². The summed E-state index contributed by atoms with van der Waals surface area (Å²) in [5.74, 6) is -4.29. The first-order chi connectivity index (χ1) is 20.4. The first-order valence-electron chi connectivity index (χ1n) is 11.7. The average molecular weight is 653 g/mol. The van der Waals surface area contributed by atoms with E-state index in [1.807, 2.05) is 0 Å². The highest BCUT2D eigenvalue weighted by atomic mass is 32.2. The van der Waals surface area contributed by atoms with Crippen LogP contribution in [0.25, 0.3) is 0 Å². The van der Waals surface area contributed by atoms with Gasteiger partial charge in [0.15, 0.2) is 16.0 Å². The van der Waals surface area contributed by atoms with Crippen LogP contribution in [0.1, 0.15) is 5.69 Å². The van der Waals surface area contributed by atoms with Gasteiger partial charge in [-0.05, 0) is 17.1 Å². The number of nitrogens with zero attached hydrogens (tertiary/aromatic N) is 6. The van der Waals surface area contributed by atoms with E-state index in [0.717, 1.165) is 44.3 Å². The molecule has 5 N–H and O–H groups in total. The molecule has 1 saturated heterocycles. The molecular weight excluding hydrogens is 632 g/mol. The van der Waals surface area contributed by atoms with E-state index in [9.17, 15) is 38.7 Å². The smallest absolute Gasteiger partial charge is 0.352 e. The van der Waals surface area contributed by atoms with Crippen molar-refractivity contribution in [2.45, 2.75) is 23.1 Å². The number of hydrogen-bond donors (Lipinski definition) is 4. The zero-order valence-corrected chi connectivity index (χ0v) is 24.2. The van der Waals surface area contributed by atoms with Crippen molar-refractivity contribution in [2.75, 3.05) is 18.1 Å². The van der Waals surface area contributed by atoms with Gasteiger partial charge in [0.1, 0.15) is 35.6 Å². The Balaban J connectivity index is 1.52. The molecule has 1 fully saturated rings. The van der Waals surface area contributed by atoms with Crippen molar-refractivity contribution in [3.8, 4) is 0 Å². The van der Waals surface area contributed by atoms with Gasteiger partial charge in [-0.2, -0.15) is 0 Å². The Morgan fingerprint density at radius 2 is 2.02 bits per heavy atom. The van der Waals surface area contributed by atoms with Crippen LogP contribution in [-0.2, 0) is 42.4 Å². The highest BCUT2D eigenvalue weighted by Crippen LogP contribution is 2.41.